The molecule has 16 heavy (non-hydrogen) atoms. The Kier molecular flexibility index (Phi) is 4.00. The summed E-state index contributed by atoms with van der Waals surface area (Å²) in [6.45, 7) is 0. The van der Waals surface area contributed by atoms with E-state index in [1.54, 1.807) is 24.3 Å². The quantitative estimate of drug-likeness (QED) is 0.440. The summed E-state index contributed by atoms with van der Waals surface area (Å²) < 4.78 is 0. The second-order valence-electron chi connectivity index (χ2n) is 2.80. The maximum Gasteiger partial charge on any atom is 0.348 e. The number of nitriles is 1. The number of carbonyl (C=O) groups is 2. The van der Waals surface area contributed by atoms with Crippen molar-refractivity contribution in [1.29, 1.82) is 5.26 Å². The largest absolute Gasteiger partial charge is 0.348 e. The van der Waals surface area contributed by atoms with Crippen LogP contribution < -0.4 is 5.84 Å². The van der Waals surface area contributed by atoms with Gasteiger partial charge in [-0.1, -0.05) is 23.4 Å². The van der Waals surface area contributed by atoms with Crippen LogP contribution in [0.25, 0.3) is 0 Å². The van der Waals surface area contributed by atoms with Gasteiger partial charge in [0.25, 0.3) is 0 Å². The second kappa shape index (κ2) is 5.48. The van der Waals surface area contributed by atoms with E-state index in [-0.39, 0.29) is 5.56 Å². The Morgan fingerprint density at radius 3 is 2.56 bits per heavy atom. The summed E-state index contributed by atoms with van der Waals surface area (Å²) in [4.78, 5) is 26.8. The number of hydrazine groups is 1. The van der Waals surface area contributed by atoms with Gasteiger partial charge in [-0.25, -0.2) is 10.6 Å². The highest BCUT2D eigenvalue weighted by molar-refractivity contribution is 5.93. The third-order valence-electron chi connectivity index (χ3n) is 1.64. The van der Waals surface area contributed by atoms with Crippen molar-refractivity contribution in [1.82, 2.24) is 5.17 Å². The first kappa shape index (κ1) is 11.7. The number of rotatable bonds is 2. The summed E-state index contributed by atoms with van der Waals surface area (Å²) in [7, 11) is 0. The molecule has 0 atom stereocenters. The summed E-state index contributed by atoms with van der Waals surface area (Å²) in [5.41, 5.74) is 0.287. The predicted molar refractivity (Wildman–Crippen MR) is 53.1 cm³/mol. The molecule has 82 valence electrons. The number of nitrogens with two attached hydrogens (primary N) is 1. The number of nitrogens with zero attached hydrogens (tertiary/aromatic N) is 2. The fraction of sp³-hybridized carbons (Fsp3) is 0.100. The molecule has 0 aliphatic heterocycles. The molecule has 0 radical (unpaired) electrons. The highest BCUT2D eigenvalue weighted by atomic mass is 16.7. The van der Waals surface area contributed by atoms with Gasteiger partial charge in [0.2, 0.25) is 0 Å². The lowest BCUT2D eigenvalue weighted by molar-refractivity contribution is -0.177. The van der Waals surface area contributed by atoms with Crippen LogP contribution >= 0.6 is 0 Å². The van der Waals surface area contributed by atoms with E-state index >= 15 is 0 Å². The molecule has 0 saturated heterocycles. The first-order valence-corrected chi connectivity index (χ1v) is 4.37. The number of hydrogen-bond donors (Lipinski definition) is 1. The molecule has 6 nitrogen and oxygen atoms in total. The van der Waals surface area contributed by atoms with Crippen molar-refractivity contribution in [3.8, 4) is 6.07 Å². The van der Waals surface area contributed by atoms with Crippen LogP contribution in [0.3, 0.4) is 0 Å². The van der Waals surface area contributed by atoms with E-state index in [0.29, 0.717) is 5.17 Å². The second-order valence-corrected chi connectivity index (χ2v) is 2.80. The van der Waals surface area contributed by atoms with Gasteiger partial charge in [0.15, 0.2) is 0 Å². The fourth-order valence-corrected chi connectivity index (χ4v) is 0.956. The van der Waals surface area contributed by atoms with Crippen molar-refractivity contribution in [3.63, 3.8) is 0 Å². The lowest BCUT2D eigenvalue weighted by Crippen LogP contribution is -2.39. The van der Waals surface area contributed by atoms with Crippen LogP contribution in [0.2, 0.25) is 0 Å². The van der Waals surface area contributed by atoms with Gasteiger partial charge in [0, 0.05) is 5.56 Å². The SMILES string of the molecule is N#CCC(=O)ON(N)C(=O)c1ccccc1. The maximum atomic E-state index is 11.5. The third-order valence-corrected chi connectivity index (χ3v) is 1.64. The standard InChI is InChI=1S/C10H9N3O3/c11-7-6-9(14)16-13(12)10(15)8-4-2-1-3-5-8/h1-5H,6,12H2. The Balaban J connectivity index is 2.62. The average Bonchev–Trinajstić information content (AvgIpc) is 2.29. The van der Waals surface area contributed by atoms with E-state index in [1.165, 1.54) is 12.1 Å². The topological polar surface area (TPSA) is 96.4 Å². The molecule has 1 amide bonds. The summed E-state index contributed by atoms with van der Waals surface area (Å²) in [6.07, 6.45) is -0.463. The maximum absolute atomic E-state index is 11.5. The van der Waals surface area contributed by atoms with Crippen LogP contribution in [-0.2, 0) is 9.63 Å². The number of benzene rings is 1. The number of hydrogen-bond acceptors (Lipinski definition) is 5. The van der Waals surface area contributed by atoms with Crippen LogP contribution in [-0.4, -0.2) is 17.0 Å². The summed E-state index contributed by atoms with van der Waals surface area (Å²) in [5, 5.41) is 8.52. The Morgan fingerprint density at radius 1 is 1.38 bits per heavy atom. The van der Waals surface area contributed by atoms with E-state index in [9.17, 15) is 9.59 Å². The van der Waals surface area contributed by atoms with Gasteiger partial charge in [0.05, 0.1) is 6.07 Å². The molecule has 0 spiro atoms. The fourth-order valence-electron chi connectivity index (χ4n) is 0.956. The van der Waals surface area contributed by atoms with Gasteiger partial charge in [-0.3, -0.25) is 4.79 Å². The first-order valence-electron chi connectivity index (χ1n) is 4.37. The van der Waals surface area contributed by atoms with Gasteiger partial charge in [-0.05, 0) is 12.1 Å². The Morgan fingerprint density at radius 2 is 2.00 bits per heavy atom. The van der Waals surface area contributed by atoms with Crippen LogP contribution in [0, 0.1) is 11.3 Å². The minimum Gasteiger partial charge on any atom is -0.321 e. The van der Waals surface area contributed by atoms with Gasteiger partial charge < -0.3 is 4.84 Å². The number of carbonyl (C=O) groups excluding carboxylic acids is 2. The van der Waals surface area contributed by atoms with Crippen molar-refractivity contribution >= 4 is 11.9 Å². The average molecular weight is 219 g/mol. The Labute approximate surface area is 91.7 Å². The molecule has 0 bridgehead atoms. The van der Waals surface area contributed by atoms with Crippen LogP contribution in [0.4, 0.5) is 0 Å². The van der Waals surface area contributed by atoms with Crippen molar-refractivity contribution in [2.24, 2.45) is 5.84 Å². The molecule has 2 N–H and O–H groups in total. The summed E-state index contributed by atoms with van der Waals surface area (Å²) in [5.74, 6) is 3.67. The smallest absolute Gasteiger partial charge is 0.321 e. The Bertz CT molecular complexity index is 425. The van der Waals surface area contributed by atoms with Crippen LogP contribution in [0.1, 0.15) is 16.8 Å². The molecule has 0 aliphatic rings. The molecule has 1 rings (SSSR count). The summed E-state index contributed by atoms with van der Waals surface area (Å²) >= 11 is 0. The number of hydroxylamine groups is 1. The highest BCUT2D eigenvalue weighted by Crippen LogP contribution is 2.02. The molecule has 6 heteroatoms. The normalized spacial score (nSPS) is 9.00. The van der Waals surface area contributed by atoms with Crippen molar-refractivity contribution in [2.75, 3.05) is 0 Å². The van der Waals surface area contributed by atoms with E-state index in [2.05, 4.69) is 4.84 Å². The lowest BCUT2D eigenvalue weighted by Gasteiger charge is -2.14. The van der Waals surface area contributed by atoms with Gasteiger partial charge >= 0.3 is 11.9 Å². The molecule has 1 aromatic carbocycles. The molecule has 0 fully saturated rings. The van der Waals surface area contributed by atoms with E-state index in [0.717, 1.165) is 0 Å². The Hall–Kier alpha value is -2.39. The van der Waals surface area contributed by atoms with E-state index in [1.807, 2.05) is 0 Å². The predicted octanol–water partition coefficient (Wildman–Crippen LogP) is 0.374. The monoisotopic (exact) mass is 219 g/mol. The minimum absolute atomic E-state index is 0.287. The molecular formula is C10H9N3O3. The van der Waals surface area contributed by atoms with E-state index < -0.39 is 18.3 Å². The lowest BCUT2D eigenvalue weighted by atomic mass is 10.2. The molecule has 0 saturated carbocycles. The van der Waals surface area contributed by atoms with Crippen molar-refractivity contribution in [2.45, 2.75) is 6.42 Å². The molecule has 0 aliphatic carbocycles. The highest BCUT2D eigenvalue weighted by Gasteiger charge is 2.16. The molecule has 1 aromatic rings. The van der Waals surface area contributed by atoms with Crippen LogP contribution in [0.5, 0.6) is 0 Å². The minimum atomic E-state index is -0.880. The van der Waals surface area contributed by atoms with E-state index in [4.69, 9.17) is 11.1 Å². The van der Waals surface area contributed by atoms with Crippen molar-refractivity contribution < 1.29 is 14.4 Å². The van der Waals surface area contributed by atoms with Gasteiger partial charge in [-0.2, -0.15) is 5.26 Å². The molecule has 0 aromatic heterocycles. The molecular weight excluding hydrogens is 210 g/mol. The van der Waals surface area contributed by atoms with Crippen molar-refractivity contribution in [3.05, 3.63) is 35.9 Å². The zero-order chi connectivity index (χ0) is 12.0. The zero-order valence-corrected chi connectivity index (χ0v) is 8.29. The zero-order valence-electron chi connectivity index (χ0n) is 8.29. The van der Waals surface area contributed by atoms with Crippen LogP contribution in [0.15, 0.2) is 30.3 Å². The summed E-state index contributed by atoms with van der Waals surface area (Å²) in [6, 6.07) is 9.68. The number of amides is 1. The third kappa shape index (κ3) is 3.08. The van der Waals surface area contributed by atoms with Gasteiger partial charge in [-0.15, -0.1) is 0 Å². The molecule has 0 heterocycles. The molecule has 0 unspecified atom stereocenters. The first-order chi connectivity index (χ1) is 7.65. The van der Waals surface area contributed by atoms with Gasteiger partial charge in [0.1, 0.15) is 6.42 Å².